The Kier molecular flexibility index (Phi) is 4.51. The zero-order valence-corrected chi connectivity index (χ0v) is 13.1. The Labute approximate surface area is 121 Å². The van der Waals surface area contributed by atoms with E-state index in [0.29, 0.717) is 0 Å². The van der Waals surface area contributed by atoms with Crippen LogP contribution >= 0.6 is 0 Å². The second kappa shape index (κ2) is 5.98. The molecule has 0 saturated carbocycles. The van der Waals surface area contributed by atoms with E-state index in [1.807, 2.05) is 0 Å². The highest BCUT2D eigenvalue weighted by molar-refractivity contribution is 5.81. The van der Waals surface area contributed by atoms with E-state index in [0.717, 1.165) is 29.7 Å². The van der Waals surface area contributed by atoms with Gasteiger partial charge < -0.3 is 14.5 Å². The summed E-state index contributed by atoms with van der Waals surface area (Å²) >= 11 is 0. The molecule has 20 heavy (non-hydrogen) atoms. The molecule has 110 valence electrons. The van der Waals surface area contributed by atoms with Gasteiger partial charge in [0.1, 0.15) is 11.3 Å². The lowest BCUT2D eigenvalue weighted by molar-refractivity contribution is -0.0164. The first-order chi connectivity index (χ1) is 9.49. The van der Waals surface area contributed by atoms with Crippen LogP contribution < -0.4 is 5.32 Å². The third-order valence-corrected chi connectivity index (χ3v) is 3.86. The Bertz CT molecular complexity index is 571. The smallest absolute Gasteiger partial charge is 0.137 e. The number of aryl methyl sites for hydroxylation is 1. The minimum absolute atomic E-state index is 0.0410. The zero-order valence-electron chi connectivity index (χ0n) is 13.1. The Hall–Kier alpha value is -1.32. The molecule has 1 aromatic carbocycles. The van der Waals surface area contributed by atoms with Gasteiger partial charge in [-0.3, -0.25) is 0 Å². The summed E-state index contributed by atoms with van der Waals surface area (Å²) in [7, 11) is 1.74. The van der Waals surface area contributed by atoms with E-state index in [4.69, 9.17) is 9.15 Å². The van der Waals surface area contributed by atoms with Gasteiger partial charge in [0.05, 0.1) is 11.6 Å². The highest BCUT2D eigenvalue weighted by Gasteiger charge is 2.33. The van der Waals surface area contributed by atoms with Crippen LogP contribution in [0.15, 0.2) is 28.7 Å². The summed E-state index contributed by atoms with van der Waals surface area (Å²) in [5.74, 6) is 0.939. The second-order valence-electron chi connectivity index (χ2n) is 5.84. The van der Waals surface area contributed by atoms with Crippen LogP contribution in [0.2, 0.25) is 0 Å². The Morgan fingerprint density at radius 3 is 2.70 bits per heavy atom. The number of hydrogen-bond acceptors (Lipinski definition) is 3. The number of fused-ring (bicyclic) bond motifs is 1. The maximum atomic E-state index is 6.10. The Morgan fingerprint density at radius 2 is 2.10 bits per heavy atom. The normalized spacial score (nSPS) is 13.8. The monoisotopic (exact) mass is 275 g/mol. The van der Waals surface area contributed by atoms with Gasteiger partial charge in [-0.05, 0) is 45.4 Å². The van der Waals surface area contributed by atoms with E-state index in [2.05, 4.69) is 57.3 Å². The van der Waals surface area contributed by atoms with Gasteiger partial charge in [0, 0.05) is 12.5 Å². The lowest BCUT2D eigenvalue weighted by Crippen LogP contribution is -2.41. The average molecular weight is 275 g/mol. The van der Waals surface area contributed by atoms with Crippen LogP contribution in [0, 0.1) is 6.92 Å². The van der Waals surface area contributed by atoms with Crippen molar-refractivity contribution in [2.45, 2.75) is 45.8 Å². The predicted octanol–water partition coefficient (Wildman–Crippen LogP) is 4.21. The summed E-state index contributed by atoms with van der Waals surface area (Å²) < 4.78 is 11.8. The van der Waals surface area contributed by atoms with Crippen LogP contribution in [0.4, 0.5) is 0 Å². The summed E-state index contributed by atoms with van der Waals surface area (Å²) in [6.07, 6.45) is 1.08. The van der Waals surface area contributed by atoms with E-state index in [1.165, 1.54) is 5.56 Å². The van der Waals surface area contributed by atoms with Crippen molar-refractivity contribution in [2.24, 2.45) is 0 Å². The van der Waals surface area contributed by atoms with Gasteiger partial charge in [-0.1, -0.05) is 25.1 Å². The number of benzene rings is 1. The van der Waals surface area contributed by atoms with Gasteiger partial charge in [0.25, 0.3) is 0 Å². The van der Waals surface area contributed by atoms with Gasteiger partial charge in [-0.25, -0.2) is 0 Å². The molecule has 1 N–H and O–H groups in total. The fourth-order valence-corrected chi connectivity index (χ4v) is 2.47. The van der Waals surface area contributed by atoms with Crippen molar-refractivity contribution in [3.8, 4) is 0 Å². The molecular formula is C17H25NO2. The molecule has 0 aliphatic heterocycles. The molecule has 0 aliphatic carbocycles. The number of methoxy groups -OCH3 is 1. The molecule has 0 spiro atoms. The topological polar surface area (TPSA) is 34.4 Å². The zero-order chi connectivity index (χ0) is 14.8. The summed E-state index contributed by atoms with van der Waals surface area (Å²) in [6.45, 7) is 9.34. The van der Waals surface area contributed by atoms with Crippen molar-refractivity contribution >= 4 is 11.0 Å². The highest BCUT2D eigenvalue weighted by atomic mass is 16.5. The van der Waals surface area contributed by atoms with Gasteiger partial charge in [0.15, 0.2) is 0 Å². The molecule has 1 heterocycles. The van der Waals surface area contributed by atoms with Crippen molar-refractivity contribution in [2.75, 3.05) is 13.7 Å². The fourth-order valence-electron chi connectivity index (χ4n) is 2.47. The molecule has 0 amide bonds. The minimum Gasteiger partial charge on any atom is -0.459 e. The Morgan fingerprint density at radius 1 is 1.35 bits per heavy atom. The molecule has 2 rings (SSSR count). The standard InChI is InChI=1S/C17H25NO2/c1-6-10-18-16(17(3,4)19-5)14-11-13-9-7-8-12(2)15(13)20-14/h7-9,11,16,18H,6,10H2,1-5H3. The maximum Gasteiger partial charge on any atom is 0.137 e. The van der Waals surface area contributed by atoms with E-state index >= 15 is 0 Å². The first-order valence-electron chi connectivity index (χ1n) is 7.27. The van der Waals surface area contributed by atoms with Crippen LogP contribution in [-0.2, 0) is 4.74 Å². The van der Waals surface area contributed by atoms with Crippen LogP contribution in [0.3, 0.4) is 0 Å². The van der Waals surface area contributed by atoms with Crippen LogP contribution in [-0.4, -0.2) is 19.3 Å². The van der Waals surface area contributed by atoms with Crippen LogP contribution in [0.1, 0.15) is 44.6 Å². The third kappa shape index (κ3) is 2.89. The SMILES string of the molecule is CCCNC(c1cc2cccc(C)c2o1)C(C)(C)OC. The molecule has 0 saturated heterocycles. The molecule has 0 fully saturated rings. The first kappa shape index (κ1) is 15.1. The molecule has 0 bridgehead atoms. The largest absolute Gasteiger partial charge is 0.459 e. The molecule has 1 unspecified atom stereocenters. The third-order valence-electron chi connectivity index (χ3n) is 3.86. The summed E-state index contributed by atoms with van der Waals surface area (Å²) in [5.41, 5.74) is 1.81. The molecular weight excluding hydrogens is 250 g/mol. The number of furan rings is 1. The van der Waals surface area contributed by atoms with Gasteiger partial charge >= 0.3 is 0 Å². The number of nitrogens with one attached hydrogen (secondary N) is 1. The van der Waals surface area contributed by atoms with Crippen molar-refractivity contribution in [1.29, 1.82) is 0 Å². The highest BCUT2D eigenvalue weighted by Crippen LogP contribution is 2.33. The van der Waals surface area contributed by atoms with Gasteiger partial charge in [-0.2, -0.15) is 0 Å². The number of ether oxygens (including phenoxy) is 1. The summed E-state index contributed by atoms with van der Waals surface area (Å²) in [6, 6.07) is 8.39. The average Bonchev–Trinajstić information content (AvgIpc) is 2.84. The molecule has 1 atom stereocenters. The summed E-state index contributed by atoms with van der Waals surface area (Å²) in [5, 5.41) is 4.69. The van der Waals surface area contributed by atoms with Crippen molar-refractivity contribution in [3.05, 3.63) is 35.6 Å². The predicted molar refractivity (Wildman–Crippen MR) is 83.1 cm³/mol. The van der Waals surface area contributed by atoms with Crippen LogP contribution in [0.25, 0.3) is 11.0 Å². The van der Waals surface area contributed by atoms with E-state index in [1.54, 1.807) is 7.11 Å². The van der Waals surface area contributed by atoms with Crippen molar-refractivity contribution in [1.82, 2.24) is 5.32 Å². The van der Waals surface area contributed by atoms with Gasteiger partial charge in [0.2, 0.25) is 0 Å². The lowest BCUT2D eigenvalue weighted by atomic mass is 9.96. The van der Waals surface area contributed by atoms with Crippen molar-refractivity contribution in [3.63, 3.8) is 0 Å². The van der Waals surface area contributed by atoms with Crippen molar-refractivity contribution < 1.29 is 9.15 Å². The van der Waals surface area contributed by atoms with Crippen LogP contribution in [0.5, 0.6) is 0 Å². The number of rotatable bonds is 6. The van der Waals surface area contributed by atoms with E-state index < -0.39 is 0 Å². The molecule has 2 aromatic rings. The fraction of sp³-hybridized carbons (Fsp3) is 0.529. The number of para-hydroxylation sites is 1. The summed E-state index contributed by atoms with van der Waals surface area (Å²) in [4.78, 5) is 0. The first-order valence-corrected chi connectivity index (χ1v) is 7.27. The molecule has 1 aromatic heterocycles. The quantitative estimate of drug-likeness (QED) is 0.857. The minimum atomic E-state index is -0.322. The number of hydrogen-bond donors (Lipinski definition) is 1. The maximum absolute atomic E-state index is 6.10. The lowest BCUT2D eigenvalue weighted by Gasteiger charge is -2.32. The molecule has 3 heteroatoms. The van der Waals surface area contributed by atoms with E-state index in [9.17, 15) is 0 Å². The van der Waals surface area contributed by atoms with E-state index in [-0.39, 0.29) is 11.6 Å². The second-order valence-corrected chi connectivity index (χ2v) is 5.84. The Balaban J connectivity index is 2.42. The molecule has 3 nitrogen and oxygen atoms in total. The molecule has 0 radical (unpaired) electrons. The molecule has 0 aliphatic rings. The van der Waals surface area contributed by atoms with Gasteiger partial charge in [-0.15, -0.1) is 0 Å².